The summed E-state index contributed by atoms with van der Waals surface area (Å²) < 4.78 is 65.4. The van der Waals surface area contributed by atoms with Crippen LogP contribution in [0.15, 0.2) is 30.3 Å². The van der Waals surface area contributed by atoms with Crippen molar-refractivity contribution < 1.29 is 52.5 Å². The van der Waals surface area contributed by atoms with Crippen molar-refractivity contribution in [3.63, 3.8) is 0 Å². The van der Waals surface area contributed by atoms with Gasteiger partial charge in [-0.15, -0.1) is 19.6 Å². The van der Waals surface area contributed by atoms with E-state index in [4.69, 9.17) is 17.2 Å². The number of alkyl halides is 6. The first-order chi connectivity index (χ1) is 13.0. The Kier molecular flexibility index (Phi) is 34.5. The minimum absolute atomic E-state index is 0. The van der Waals surface area contributed by atoms with Gasteiger partial charge in [-0.05, 0) is 0 Å². The van der Waals surface area contributed by atoms with Gasteiger partial charge in [0.25, 0.3) is 0 Å². The van der Waals surface area contributed by atoms with Gasteiger partial charge in [0.05, 0.1) is 0 Å². The summed E-state index contributed by atoms with van der Waals surface area (Å²) in [5.41, 5.74) is 20.0. The molecule has 3 nitrogen and oxygen atoms in total. The van der Waals surface area contributed by atoms with E-state index in [-0.39, 0.29) is 26.2 Å². The number of rotatable bonds is 3. The summed E-state index contributed by atoms with van der Waals surface area (Å²) in [5, 5.41) is -9.97. The first-order valence-electron chi connectivity index (χ1n) is 9.13. The number of halogens is 6. The van der Waals surface area contributed by atoms with E-state index >= 15 is 0 Å². The Bertz CT molecular complexity index is 350. The molecule has 0 aliphatic heterocycles. The molecule has 11 heteroatoms. The summed E-state index contributed by atoms with van der Waals surface area (Å²) in [6.07, 6.45) is 0. The molecule has 177 valence electrons. The Morgan fingerprint density at radius 2 is 0.867 bits per heavy atom. The van der Waals surface area contributed by atoms with Crippen molar-refractivity contribution in [1.29, 1.82) is 0 Å². The van der Waals surface area contributed by atoms with Crippen LogP contribution in [0.3, 0.4) is 0 Å². The Hall–Kier alpha value is 0.236. The summed E-state index contributed by atoms with van der Waals surface area (Å²) in [4.78, 5) is 0. The van der Waals surface area contributed by atoms with Gasteiger partial charge < -0.3 is 17.2 Å². The van der Waals surface area contributed by atoms with Gasteiger partial charge in [-0.2, -0.15) is 18.2 Å². The summed E-state index contributed by atoms with van der Waals surface area (Å²) in [7, 11) is 0. The van der Waals surface area contributed by atoms with Crippen LogP contribution in [0.1, 0.15) is 41.5 Å². The first-order valence-corrected chi connectivity index (χ1v) is 11.6. The largest absolute Gasteiger partial charge is 4.00 e. The third kappa shape index (κ3) is 70.5. The fourth-order valence-electron chi connectivity index (χ4n) is 0.506. The third-order valence-corrected chi connectivity index (χ3v) is 3.48. The SMILES string of the molecule is CC(C)C[NH-].CC(C)C[NH-].CC(C)C[NH-].F[C](F)(F)[GeH][C](F)(F)F.[Zr+4].c1cc[cH-]c1. The molecule has 0 aliphatic rings. The summed E-state index contributed by atoms with van der Waals surface area (Å²) in [6.45, 7) is 13.9. The monoisotopic (exact) mass is 584 g/mol. The standard InChI is InChI=1S/C5H5.3C4H10N.C2HF6Ge.Zr/c1-2-4-5-3-1;3*1-4(2)3-5;3-1(4,5)9-2(6,7)8;/h1-5H;3*4-5H,3H2,1-2H3;9H;/q4*-1;;+4. The fraction of sp³-hybridized carbons (Fsp3) is 0.737. The molecule has 0 saturated heterocycles. The molecule has 3 N–H and O–H groups in total. The van der Waals surface area contributed by atoms with Crippen molar-refractivity contribution in [2.45, 2.75) is 51.6 Å². The molecular formula is C19H36F6GeN3Zr. The van der Waals surface area contributed by atoms with Crippen molar-refractivity contribution in [3.8, 4) is 0 Å². The van der Waals surface area contributed by atoms with E-state index in [0.717, 1.165) is 0 Å². The maximum Gasteiger partial charge on any atom is 4.00 e. The van der Waals surface area contributed by atoms with Crippen LogP contribution in [0, 0.1) is 17.8 Å². The molecule has 0 saturated carbocycles. The molecule has 0 aromatic heterocycles. The van der Waals surface area contributed by atoms with Gasteiger partial charge >= 0.3 is 78.0 Å². The van der Waals surface area contributed by atoms with E-state index in [1.54, 1.807) is 0 Å². The normalized spacial score (nSPS) is 10.3. The molecular weight excluding hydrogens is 548 g/mol. The van der Waals surface area contributed by atoms with Crippen molar-refractivity contribution in [1.82, 2.24) is 0 Å². The van der Waals surface area contributed by atoms with E-state index in [2.05, 4.69) is 0 Å². The van der Waals surface area contributed by atoms with Crippen molar-refractivity contribution in [2.75, 3.05) is 19.6 Å². The molecule has 0 aliphatic carbocycles. The van der Waals surface area contributed by atoms with Crippen LogP contribution in [0.2, 0.25) is 0 Å². The van der Waals surface area contributed by atoms with Crippen LogP contribution < -0.4 is 0 Å². The smallest absolute Gasteiger partial charge is 0.214 e. The van der Waals surface area contributed by atoms with E-state index < -0.39 is 25.4 Å². The van der Waals surface area contributed by atoms with Gasteiger partial charge in [0.15, 0.2) is 0 Å². The molecule has 0 unspecified atom stereocenters. The van der Waals surface area contributed by atoms with Gasteiger partial charge in [0, 0.05) is 0 Å². The summed E-state index contributed by atoms with van der Waals surface area (Å²) in [5.74, 6) is 1.65. The second-order valence-corrected chi connectivity index (χ2v) is 10.3. The molecule has 0 heterocycles. The first kappa shape index (κ1) is 40.6. The van der Waals surface area contributed by atoms with Crippen LogP contribution in [-0.4, -0.2) is 45.1 Å². The minimum Gasteiger partial charge on any atom is -0.214 e. The molecule has 30 heavy (non-hydrogen) atoms. The predicted octanol–water partition coefficient (Wildman–Crippen LogP) is 7.95. The number of hydrogen-bond donors (Lipinski definition) is 0. The van der Waals surface area contributed by atoms with Crippen LogP contribution in [0.25, 0.3) is 17.2 Å². The minimum atomic E-state index is -4.98. The maximum atomic E-state index is 10.9. The zero-order chi connectivity index (χ0) is 24.1. The Balaban J connectivity index is -0.0000000884. The van der Waals surface area contributed by atoms with E-state index in [9.17, 15) is 26.3 Å². The predicted molar refractivity (Wildman–Crippen MR) is 113 cm³/mol. The molecule has 1 aromatic carbocycles. The summed E-state index contributed by atoms with van der Waals surface area (Å²) in [6, 6.07) is 10.0. The zero-order valence-electron chi connectivity index (χ0n) is 18.6. The van der Waals surface area contributed by atoms with Crippen molar-refractivity contribution in [2.24, 2.45) is 17.8 Å². The molecule has 1 radical (unpaired) electrons. The van der Waals surface area contributed by atoms with E-state index in [0.29, 0.717) is 37.4 Å². The van der Waals surface area contributed by atoms with Gasteiger partial charge in [0.2, 0.25) is 0 Å². The molecule has 0 atom stereocenters. The molecule has 0 fully saturated rings. The average molecular weight is 584 g/mol. The Morgan fingerprint density at radius 1 is 0.667 bits per heavy atom. The molecule has 1 aromatic rings. The van der Waals surface area contributed by atoms with Crippen LogP contribution in [-0.2, 0) is 26.2 Å². The molecule has 0 amide bonds. The van der Waals surface area contributed by atoms with Gasteiger partial charge in [0.1, 0.15) is 0 Å². The fourth-order valence-corrected chi connectivity index (χ4v) is 1.29. The van der Waals surface area contributed by atoms with Crippen LogP contribution in [0.4, 0.5) is 26.3 Å². The maximum absolute atomic E-state index is 10.9. The second kappa shape index (κ2) is 25.5. The summed E-state index contributed by atoms with van der Waals surface area (Å²) >= 11 is -4.06. The van der Waals surface area contributed by atoms with Crippen molar-refractivity contribution >= 4 is 15.4 Å². The molecule has 0 spiro atoms. The number of hydrogen-bond acceptors (Lipinski definition) is 0. The van der Waals surface area contributed by atoms with Gasteiger partial charge in [-0.25, -0.2) is 12.1 Å². The zero-order valence-corrected chi connectivity index (χ0v) is 23.5. The van der Waals surface area contributed by atoms with E-state index in [1.165, 1.54) is 0 Å². The number of nitrogens with one attached hydrogen (secondary N) is 3. The van der Waals surface area contributed by atoms with E-state index in [1.807, 2.05) is 71.9 Å². The molecule has 0 bridgehead atoms. The van der Waals surface area contributed by atoms with Crippen LogP contribution >= 0.6 is 0 Å². The topological polar surface area (TPSA) is 71.4 Å². The third-order valence-electron chi connectivity index (χ3n) is 2.11. The average Bonchev–Trinajstić information content (AvgIpc) is 3.12. The Labute approximate surface area is 203 Å². The van der Waals surface area contributed by atoms with Gasteiger partial charge in [-0.1, -0.05) is 59.3 Å². The molecule has 1 rings (SSSR count). The quantitative estimate of drug-likeness (QED) is 0.197. The second-order valence-electron chi connectivity index (χ2n) is 6.98. The van der Waals surface area contributed by atoms with Crippen molar-refractivity contribution in [3.05, 3.63) is 47.5 Å². The van der Waals surface area contributed by atoms with Crippen LogP contribution in [0.5, 0.6) is 0 Å². The van der Waals surface area contributed by atoms with Gasteiger partial charge in [-0.3, -0.25) is 0 Å². The Morgan fingerprint density at radius 3 is 0.900 bits per heavy atom.